The summed E-state index contributed by atoms with van der Waals surface area (Å²) in [5.41, 5.74) is 0. The van der Waals surface area contributed by atoms with Gasteiger partial charge < -0.3 is 5.32 Å². The van der Waals surface area contributed by atoms with Crippen molar-refractivity contribution in [2.24, 2.45) is 5.92 Å². The molecule has 0 aliphatic carbocycles. The van der Waals surface area contributed by atoms with Crippen LogP contribution in [0.5, 0.6) is 0 Å². The normalized spacial score (nSPS) is 13.4. The van der Waals surface area contributed by atoms with Crippen LogP contribution >= 0.6 is 0 Å². The van der Waals surface area contributed by atoms with Crippen molar-refractivity contribution < 1.29 is 4.79 Å². The lowest BCUT2D eigenvalue weighted by Crippen LogP contribution is -2.20. The molecule has 0 radical (unpaired) electrons. The van der Waals surface area contributed by atoms with Crippen LogP contribution in [-0.4, -0.2) is 12.5 Å². The van der Waals surface area contributed by atoms with Gasteiger partial charge in [-0.3, -0.25) is 4.79 Å². The SMILES string of the molecule is CC/C=C\C/C=C\C(C)CCCCNC(C)=O. The predicted octanol–water partition coefficient (Wildman–Crippen LogP) is 3.84. The smallest absolute Gasteiger partial charge is 0.216 e. The molecule has 0 aromatic heterocycles. The van der Waals surface area contributed by atoms with Crippen molar-refractivity contribution in [2.45, 2.75) is 52.9 Å². The van der Waals surface area contributed by atoms with E-state index >= 15 is 0 Å². The molecule has 98 valence electrons. The van der Waals surface area contributed by atoms with Crippen molar-refractivity contribution in [1.82, 2.24) is 5.32 Å². The molecule has 0 spiro atoms. The molecule has 0 rings (SSSR count). The van der Waals surface area contributed by atoms with Gasteiger partial charge in [-0.15, -0.1) is 0 Å². The number of carbonyl (C=O) groups is 1. The Bertz CT molecular complexity index is 243. The maximum absolute atomic E-state index is 10.6. The first-order valence-electron chi connectivity index (χ1n) is 6.73. The number of hydrogen-bond donors (Lipinski definition) is 1. The first-order chi connectivity index (χ1) is 8.16. The molecule has 0 aliphatic rings. The zero-order valence-electron chi connectivity index (χ0n) is 11.5. The molecular weight excluding hydrogens is 210 g/mol. The van der Waals surface area contributed by atoms with Crippen LogP contribution in [0.4, 0.5) is 0 Å². The molecular formula is C15H27NO. The Balaban J connectivity index is 3.42. The molecule has 2 heteroatoms. The summed E-state index contributed by atoms with van der Waals surface area (Å²) in [5.74, 6) is 0.711. The summed E-state index contributed by atoms with van der Waals surface area (Å²) in [6, 6.07) is 0. The highest BCUT2D eigenvalue weighted by Crippen LogP contribution is 2.09. The van der Waals surface area contributed by atoms with E-state index in [0.29, 0.717) is 5.92 Å². The highest BCUT2D eigenvalue weighted by atomic mass is 16.1. The number of rotatable bonds is 9. The Hall–Kier alpha value is -1.05. The van der Waals surface area contributed by atoms with E-state index in [-0.39, 0.29) is 5.91 Å². The standard InChI is InChI=1S/C15H27NO/c1-4-5-6-7-8-11-14(2)12-9-10-13-16-15(3)17/h5-6,8,11,14H,4,7,9-10,12-13H2,1-3H3,(H,16,17)/b6-5-,11-8-. The van der Waals surface area contributed by atoms with Gasteiger partial charge in [-0.1, -0.05) is 44.6 Å². The van der Waals surface area contributed by atoms with Crippen LogP contribution in [0.15, 0.2) is 24.3 Å². The molecule has 1 atom stereocenters. The average molecular weight is 237 g/mol. The number of hydrogen-bond acceptors (Lipinski definition) is 1. The molecule has 0 saturated heterocycles. The summed E-state index contributed by atoms with van der Waals surface area (Å²) in [6.07, 6.45) is 14.6. The maximum Gasteiger partial charge on any atom is 0.216 e. The van der Waals surface area contributed by atoms with Gasteiger partial charge in [0.05, 0.1) is 0 Å². The minimum atomic E-state index is 0.0701. The molecule has 1 N–H and O–H groups in total. The van der Waals surface area contributed by atoms with Crippen LogP contribution in [0.2, 0.25) is 0 Å². The summed E-state index contributed by atoms with van der Waals surface area (Å²) < 4.78 is 0. The van der Waals surface area contributed by atoms with E-state index in [1.807, 2.05) is 0 Å². The van der Waals surface area contributed by atoms with E-state index in [4.69, 9.17) is 0 Å². The molecule has 2 nitrogen and oxygen atoms in total. The first kappa shape index (κ1) is 16.0. The highest BCUT2D eigenvalue weighted by Gasteiger charge is 1.97. The van der Waals surface area contributed by atoms with Crippen LogP contribution in [0.3, 0.4) is 0 Å². The minimum Gasteiger partial charge on any atom is -0.356 e. The molecule has 0 bridgehead atoms. The zero-order valence-corrected chi connectivity index (χ0v) is 11.5. The fraction of sp³-hybridized carbons (Fsp3) is 0.667. The first-order valence-corrected chi connectivity index (χ1v) is 6.73. The van der Waals surface area contributed by atoms with Gasteiger partial charge in [-0.2, -0.15) is 0 Å². The Morgan fingerprint density at radius 1 is 1.24 bits per heavy atom. The topological polar surface area (TPSA) is 29.1 Å². The summed E-state index contributed by atoms with van der Waals surface area (Å²) >= 11 is 0. The number of carbonyl (C=O) groups excluding carboxylic acids is 1. The van der Waals surface area contributed by atoms with Gasteiger partial charge >= 0.3 is 0 Å². The van der Waals surface area contributed by atoms with E-state index < -0.39 is 0 Å². The molecule has 0 saturated carbocycles. The second-order valence-corrected chi connectivity index (χ2v) is 4.50. The number of amides is 1. The predicted molar refractivity (Wildman–Crippen MR) is 74.9 cm³/mol. The third-order valence-corrected chi connectivity index (χ3v) is 2.60. The largest absolute Gasteiger partial charge is 0.356 e. The Kier molecular flexibility index (Phi) is 10.7. The third kappa shape index (κ3) is 12.9. The maximum atomic E-state index is 10.6. The van der Waals surface area contributed by atoms with Gasteiger partial charge in [0.25, 0.3) is 0 Å². The summed E-state index contributed by atoms with van der Waals surface area (Å²) in [5, 5.41) is 2.82. The fourth-order valence-corrected chi connectivity index (χ4v) is 1.60. The van der Waals surface area contributed by atoms with E-state index in [9.17, 15) is 4.79 Å². The average Bonchev–Trinajstić information content (AvgIpc) is 2.28. The van der Waals surface area contributed by atoms with E-state index in [2.05, 4.69) is 43.5 Å². The van der Waals surface area contributed by atoms with Gasteiger partial charge in [0.1, 0.15) is 0 Å². The molecule has 0 aromatic carbocycles. The molecule has 1 amide bonds. The fourth-order valence-electron chi connectivity index (χ4n) is 1.60. The number of nitrogens with one attached hydrogen (secondary N) is 1. The van der Waals surface area contributed by atoms with Crippen LogP contribution in [0, 0.1) is 5.92 Å². The van der Waals surface area contributed by atoms with E-state index in [0.717, 1.165) is 25.8 Å². The van der Waals surface area contributed by atoms with Crippen LogP contribution in [-0.2, 0) is 4.79 Å². The van der Waals surface area contributed by atoms with E-state index in [1.165, 1.54) is 12.8 Å². The molecule has 0 heterocycles. The minimum absolute atomic E-state index is 0.0701. The van der Waals surface area contributed by atoms with Crippen molar-refractivity contribution in [1.29, 1.82) is 0 Å². The summed E-state index contributed by atoms with van der Waals surface area (Å²) in [6.45, 7) is 6.77. The summed E-state index contributed by atoms with van der Waals surface area (Å²) in [7, 11) is 0. The van der Waals surface area contributed by atoms with Crippen molar-refractivity contribution in [2.75, 3.05) is 6.54 Å². The molecule has 1 unspecified atom stereocenters. The molecule has 0 fully saturated rings. The van der Waals surface area contributed by atoms with Crippen molar-refractivity contribution >= 4 is 5.91 Å². The van der Waals surface area contributed by atoms with Gasteiger partial charge in [0.15, 0.2) is 0 Å². The Labute approximate surface area is 106 Å². The summed E-state index contributed by atoms with van der Waals surface area (Å²) in [4.78, 5) is 10.6. The number of allylic oxidation sites excluding steroid dienone is 4. The lowest BCUT2D eigenvalue weighted by molar-refractivity contribution is -0.118. The Morgan fingerprint density at radius 2 is 2.00 bits per heavy atom. The second-order valence-electron chi connectivity index (χ2n) is 4.50. The van der Waals surface area contributed by atoms with Crippen LogP contribution in [0.25, 0.3) is 0 Å². The van der Waals surface area contributed by atoms with Gasteiger partial charge in [0.2, 0.25) is 5.91 Å². The van der Waals surface area contributed by atoms with Gasteiger partial charge in [-0.25, -0.2) is 0 Å². The van der Waals surface area contributed by atoms with Crippen LogP contribution < -0.4 is 5.32 Å². The van der Waals surface area contributed by atoms with Crippen molar-refractivity contribution in [3.8, 4) is 0 Å². The second kappa shape index (κ2) is 11.4. The van der Waals surface area contributed by atoms with Gasteiger partial charge in [0, 0.05) is 13.5 Å². The molecule has 0 aromatic rings. The van der Waals surface area contributed by atoms with Crippen molar-refractivity contribution in [3.05, 3.63) is 24.3 Å². The van der Waals surface area contributed by atoms with Crippen molar-refractivity contribution in [3.63, 3.8) is 0 Å². The monoisotopic (exact) mass is 237 g/mol. The van der Waals surface area contributed by atoms with Crippen LogP contribution in [0.1, 0.15) is 52.9 Å². The lowest BCUT2D eigenvalue weighted by atomic mass is 10.0. The van der Waals surface area contributed by atoms with Gasteiger partial charge in [-0.05, 0) is 31.6 Å². The lowest BCUT2D eigenvalue weighted by Gasteiger charge is -2.06. The van der Waals surface area contributed by atoms with E-state index in [1.54, 1.807) is 6.92 Å². The highest BCUT2D eigenvalue weighted by molar-refractivity contribution is 5.72. The molecule has 17 heavy (non-hydrogen) atoms. The third-order valence-electron chi connectivity index (χ3n) is 2.60. The molecule has 0 aliphatic heterocycles. The quantitative estimate of drug-likeness (QED) is 0.479. The number of unbranched alkanes of at least 4 members (excludes halogenated alkanes) is 1. The Morgan fingerprint density at radius 3 is 2.65 bits per heavy atom. The zero-order chi connectivity index (χ0) is 12.9.